The highest BCUT2D eigenvalue weighted by Crippen LogP contribution is 2.45. The number of likely N-dealkylation sites (tertiary alicyclic amines) is 1. The van der Waals surface area contributed by atoms with E-state index in [1.54, 1.807) is 0 Å². The third kappa shape index (κ3) is 1.25. The van der Waals surface area contributed by atoms with Gasteiger partial charge in [0, 0.05) is 18.5 Å². The lowest BCUT2D eigenvalue weighted by atomic mass is 9.77. The first kappa shape index (κ1) is 10.3. The Bertz CT molecular complexity index is 375. The molecule has 2 saturated heterocycles. The molecule has 16 heavy (non-hydrogen) atoms. The molecule has 3 heteroatoms. The monoisotopic (exact) mass is 218 g/mol. The summed E-state index contributed by atoms with van der Waals surface area (Å²) in [6.45, 7) is 2.59. The van der Waals surface area contributed by atoms with Gasteiger partial charge in [0.2, 0.25) is 0 Å². The molecular weight excluding hydrogens is 200 g/mol. The van der Waals surface area contributed by atoms with E-state index in [2.05, 4.69) is 42.3 Å². The fourth-order valence-corrected chi connectivity index (χ4v) is 3.17. The van der Waals surface area contributed by atoms with E-state index in [1.165, 1.54) is 5.56 Å². The van der Waals surface area contributed by atoms with Crippen LogP contribution in [0.15, 0.2) is 30.3 Å². The Kier molecular flexibility index (Phi) is 2.28. The summed E-state index contributed by atoms with van der Waals surface area (Å²) in [5.74, 6) is 0.410. The second kappa shape index (κ2) is 3.55. The van der Waals surface area contributed by atoms with E-state index in [0.29, 0.717) is 5.92 Å². The summed E-state index contributed by atoms with van der Waals surface area (Å²) in [5, 5.41) is 0. The van der Waals surface area contributed by atoms with Gasteiger partial charge in [-0.1, -0.05) is 30.3 Å². The average molecular weight is 218 g/mol. The van der Waals surface area contributed by atoms with Crippen LogP contribution in [-0.2, 0) is 4.74 Å². The third-order valence-electron chi connectivity index (χ3n) is 4.11. The number of likely N-dealkylation sites (N-methyl/N-ethyl adjacent to an activating group) is 1. The topological polar surface area (TPSA) is 38.5 Å². The number of ether oxygens (including phenoxy) is 1. The molecule has 0 aromatic heterocycles. The smallest absolute Gasteiger partial charge is 0.0761 e. The summed E-state index contributed by atoms with van der Waals surface area (Å²) in [6, 6.07) is 10.8. The summed E-state index contributed by atoms with van der Waals surface area (Å²) in [7, 11) is 2.16. The van der Waals surface area contributed by atoms with Crippen molar-refractivity contribution in [1.29, 1.82) is 0 Å². The zero-order valence-electron chi connectivity index (χ0n) is 9.60. The number of nitrogens with zero attached hydrogens (tertiary/aromatic N) is 1. The van der Waals surface area contributed by atoms with Crippen LogP contribution in [0, 0.1) is 0 Å². The van der Waals surface area contributed by atoms with Crippen LogP contribution in [0.3, 0.4) is 0 Å². The van der Waals surface area contributed by atoms with Crippen molar-refractivity contribution < 1.29 is 4.74 Å². The standard InChI is InChI=1S/C13H18N2O/c1-15-7-11(14)12(13(15)8-16-9-13)10-5-3-2-4-6-10/h2-6,11-12H,7-9,14H2,1H3/t11-,12+/m1/s1. The van der Waals surface area contributed by atoms with Gasteiger partial charge in [-0.3, -0.25) is 4.90 Å². The maximum atomic E-state index is 6.29. The van der Waals surface area contributed by atoms with Crippen molar-refractivity contribution in [1.82, 2.24) is 4.90 Å². The Morgan fingerprint density at radius 1 is 1.31 bits per heavy atom. The van der Waals surface area contributed by atoms with Gasteiger partial charge in [0.05, 0.1) is 18.8 Å². The fourth-order valence-electron chi connectivity index (χ4n) is 3.17. The zero-order valence-corrected chi connectivity index (χ0v) is 9.60. The van der Waals surface area contributed by atoms with E-state index in [4.69, 9.17) is 10.5 Å². The molecule has 0 bridgehead atoms. The van der Waals surface area contributed by atoms with E-state index in [9.17, 15) is 0 Å². The van der Waals surface area contributed by atoms with Gasteiger partial charge in [-0.25, -0.2) is 0 Å². The number of hydrogen-bond donors (Lipinski definition) is 1. The van der Waals surface area contributed by atoms with E-state index < -0.39 is 0 Å². The molecule has 0 unspecified atom stereocenters. The Morgan fingerprint density at radius 2 is 2.00 bits per heavy atom. The van der Waals surface area contributed by atoms with Gasteiger partial charge in [-0.15, -0.1) is 0 Å². The van der Waals surface area contributed by atoms with Gasteiger partial charge in [0.25, 0.3) is 0 Å². The molecule has 1 spiro atoms. The summed E-state index contributed by atoms with van der Waals surface area (Å²) >= 11 is 0. The lowest BCUT2D eigenvalue weighted by molar-refractivity contribution is -0.123. The third-order valence-corrected chi connectivity index (χ3v) is 4.11. The van der Waals surface area contributed by atoms with Crippen LogP contribution in [0.5, 0.6) is 0 Å². The van der Waals surface area contributed by atoms with E-state index in [-0.39, 0.29) is 11.6 Å². The second-order valence-electron chi connectivity index (χ2n) is 5.03. The highest BCUT2D eigenvalue weighted by molar-refractivity contribution is 5.30. The Balaban J connectivity index is 1.99. The molecule has 2 aliphatic heterocycles. The minimum atomic E-state index is 0.154. The van der Waals surface area contributed by atoms with Crippen molar-refractivity contribution in [2.75, 3.05) is 26.8 Å². The predicted molar refractivity (Wildman–Crippen MR) is 63.3 cm³/mol. The van der Waals surface area contributed by atoms with Crippen LogP contribution in [0.25, 0.3) is 0 Å². The molecule has 0 saturated carbocycles. The SMILES string of the molecule is CN1C[C@@H](N)[C@H](c2ccccc2)C12COC2. The molecule has 2 N–H and O–H groups in total. The zero-order chi connectivity index (χ0) is 11.2. The summed E-state index contributed by atoms with van der Waals surface area (Å²) < 4.78 is 5.43. The van der Waals surface area contributed by atoms with Gasteiger partial charge in [-0.2, -0.15) is 0 Å². The quantitative estimate of drug-likeness (QED) is 0.758. The van der Waals surface area contributed by atoms with Crippen molar-refractivity contribution >= 4 is 0 Å². The molecule has 2 heterocycles. The van der Waals surface area contributed by atoms with E-state index in [0.717, 1.165) is 19.8 Å². The minimum absolute atomic E-state index is 0.154. The van der Waals surface area contributed by atoms with E-state index in [1.807, 2.05) is 0 Å². The van der Waals surface area contributed by atoms with Crippen molar-refractivity contribution in [2.45, 2.75) is 17.5 Å². The van der Waals surface area contributed by atoms with Crippen LogP contribution in [0.2, 0.25) is 0 Å². The first-order valence-corrected chi connectivity index (χ1v) is 5.83. The molecule has 86 valence electrons. The maximum absolute atomic E-state index is 6.29. The average Bonchev–Trinajstić information content (AvgIpc) is 2.50. The van der Waals surface area contributed by atoms with Gasteiger partial charge < -0.3 is 10.5 Å². The maximum Gasteiger partial charge on any atom is 0.0761 e. The summed E-state index contributed by atoms with van der Waals surface area (Å²) in [6.07, 6.45) is 0. The molecule has 0 amide bonds. The highest BCUT2D eigenvalue weighted by atomic mass is 16.5. The molecular formula is C13H18N2O. The van der Waals surface area contributed by atoms with Crippen LogP contribution in [-0.4, -0.2) is 43.3 Å². The normalized spacial score (nSPS) is 32.9. The van der Waals surface area contributed by atoms with Crippen molar-refractivity contribution in [3.63, 3.8) is 0 Å². The number of rotatable bonds is 1. The molecule has 1 aromatic rings. The molecule has 2 atom stereocenters. The molecule has 3 rings (SSSR count). The van der Waals surface area contributed by atoms with E-state index >= 15 is 0 Å². The molecule has 0 radical (unpaired) electrons. The summed E-state index contributed by atoms with van der Waals surface area (Å²) in [4.78, 5) is 2.37. The minimum Gasteiger partial charge on any atom is -0.377 e. The van der Waals surface area contributed by atoms with Gasteiger partial charge in [0.15, 0.2) is 0 Å². The van der Waals surface area contributed by atoms with Gasteiger partial charge in [-0.05, 0) is 12.6 Å². The molecule has 2 aliphatic rings. The fraction of sp³-hybridized carbons (Fsp3) is 0.538. The molecule has 2 fully saturated rings. The number of benzene rings is 1. The van der Waals surface area contributed by atoms with Gasteiger partial charge >= 0.3 is 0 Å². The van der Waals surface area contributed by atoms with Crippen LogP contribution in [0.4, 0.5) is 0 Å². The summed E-state index contributed by atoms with van der Waals surface area (Å²) in [5.41, 5.74) is 7.79. The number of hydrogen-bond acceptors (Lipinski definition) is 3. The Morgan fingerprint density at radius 3 is 2.56 bits per heavy atom. The van der Waals surface area contributed by atoms with Crippen molar-refractivity contribution in [2.24, 2.45) is 5.73 Å². The Labute approximate surface area is 96.2 Å². The van der Waals surface area contributed by atoms with Gasteiger partial charge in [0.1, 0.15) is 0 Å². The first-order valence-electron chi connectivity index (χ1n) is 5.83. The highest BCUT2D eigenvalue weighted by Gasteiger charge is 2.56. The second-order valence-corrected chi connectivity index (χ2v) is 5.03. The first-order chi connectivity index (χ1) is 7.74. The molecule has 1 aromatic carbocycles. The van der Waals surface area contributed by atoms with Crippen molar-refractivity contribution in [3.05, 3.63) is 35.9 Å². The lowest BCUT2D eigenvalue weighted by Crippen LogP contribution is -2.60. The number of nitrogens with two attached hydrogens (primary N) is 1. The van der Waals surface area contributed by atoms with Crippen LogP contribution >= 0.6 is 0 Å². The van der Waals surface area contributed by atoms with Crippen LogP contribution < -0.4 is 5.73 Å². The van der Waals surface area contributed by atoms with Crippen molar-refractivity contribution in [3.8, 4) is 0 Å². The predicted octanol–water partition coefficient (Wildman–Crippen LogP) is 0.812. The Hall–Kier alpha value is -0.900. The lowest BCUT2D eigenvalue weighted by Gasteiger charge is -2.47. The molecule has 0 aliphatic carbocycles. The van der Waals surface area contributed by atoms with Crippen LogP contribution in [0.1, 0.15) is 11.5 Å². The molecule has 3 nitrogen and oxygen atoms in total. The largest absolute Gasteiger partial charge is 0.377 e.